The third-order valence-corrected chi connectivity index (χ3v) is 3.19. The number of aliphatic imine (C=N–C) groups is 1. The fourth-order valence-electron chi connectivity index (χ4n) is 1.81. The van der Waals surface area contributed by atoms with Crippen LogP contribution in [0.3, 0.4) is 0 Å². The van der Waals surface area contributed by atoms with E-state index in [1.54, 1.807) is 6.07 Å². The number of halogens is 1. The van der Waals surface area contributed by atoms with Gasteiger partial charge in [-0.25, -0.2) is 9.38 Å². The van der Waals surface area contributed by atoms with Crippen molar-refractivity contribution in [2.45, 2.75) is 13.3 Å². The number of nitrogens with zero attached hydrogens (tertiary/aromatic N) is 2. The van der Waals surface area contributed by atoms with Crippen molar-refractivity contribution < 1.29 is 4.39 Å². The molecular formula is C17H19FN2. The molecule has 0 radical (unpaired) electrons. The van der Waals surface area contributed by atoms with Crippen molar-refractivity contribution in [3.63, 3.8) is 0 Å². The molecule has 0 fully saturated rings. The van der Waals surface area contributed by atoms with Gasteiger partial charge in [-0.1, -0.05) is 30.3 Å². The van der Waals surface area contributed by atoms with Gasteiger partial charge in [0.05, 0.1) is 12.0 Å². The Balaban J connectivity index is 2.05. The summed E-state index contributed by atoms with van der Waals surface area (Å²) in [6.45, 7) is 3.00. The Bertz CT molecular complexity index is 576. The molecule has 0 bridgehead atoms. The molecule has 2 aromatic carbocycles. The molecule has 2 nitrogen and oxygen atoms in total. The zero-order valence-electron chi connectivity index (χ0n) is 11.9. The molecule has 0 amide bonds. The largest absolute Gasteiger partial charge is 0.366 e. The molecule has 0 aliphatic carbocycles. The molecule has 0 heterocycles. The smallest absolute Gasteiger partial charge is 0.126 e. The molecule has 0 aromatic heterocycles. The normalized spacial score (nSPS) is 10.9. The first-order chi connectivity index (χ1) is 9.69. The summed E-state index contributed by atoms with van der Waals surface area (Å²) in [7, 11) is 1.98. The van der Waals surface area contributed by atoms with Crippen LogP contribution in [0.2, 0.25) is 0 Å². The van der Waals surface area contributed by atoms with Crippen LogP contribution in [0.25, 0.3) is 0 Å². The van der Waals surface area contributed by atoms with Crippen LogP contribution in [0, 0.1) is 5.82 Å². The van der Waals surface area contributed by atoms with Crippen LogP contribution >= 0.6 is 0 Å². The summed E-state index contributed by atoms with van der Waals surface area (Å²) < 4.78 is 13.6. The summed E-state index contributed by atoms with van der Waals surface area (Å²) >= 11 is 0. The minimum absolute atomic E-state index is 0.154. The Morgan fingerprint density at radius 1 is 1.10 bits per heavy atom. The quantitative estimate of drug-likeness (QED) is 0.591. The second kappa shape index (κ2) is 6.85. The Hall–Kier alpha value is -2.16. The molecular weight excluding hydrogens is 251 g/mol. The van der Waals surface area contributed by atoms with E-state index in [-0.39, 0.29) is 5.82 Å². The van der Waals surface area contributed by atoms with Crippen LogP contribution in [0.15, 0.2) is 53.5 Å². The van der Waals surface area contributed by atoms with E-state index in [4.69, 9.17) is 0 Å². The van der Waals surface area contributed by atoms with E-state index in [0.29, 0.717) is 6.42 Å². The molecule has 0 aliphatic rings. The lowest BCUT2D eigenvalue weighted by atomic mass is 10.0. The second-order valence-corrected chi connectivity index (χ2v) is 4.75. The molecule has 2 aromatic rings. The van der Waals surface area contributed by atoms with Crippen molar-refractivity contribution in [3.05, 3.63) is 65.5 Å². The first-order valence-electron chi connectivity index (χ1n) is 6.76. The highest BCUT2D eigenvalue weighted by molar-refractivity contribution is 5.61. The lowest BCUT2D eigenvalue weighted by Crippen LogP contribution is -2.14. The molecule has 0 aliphatic heterocycles. The summed E-state index contributed by atoms with van der Waals surface area (Å²) in [4.78, 5) is 6.38. The third kappa shape index (κ3) is 3.92. The molecule has 104 valence electrons. The van der Waals surface area contributed by atoms with E-state index in [9.17, 15) is 4.39 Å². The zero-order valence-corrected chi connectivity index (χ0v) is 11.9. The van der Waals surface area contributed by atoms with E-state index in [1.807, 2.05) is 54.7 Å². The molecule has 20 heavy (non-hydrogen) atoms. The van der Waals surface area contributed by atoms with Crippen molar-refractivity contribution in [2.24, 2.45) is 4.99 Å². The standard InChI is InChI=1S/C17H19FN2/c1-3-20(2)13-19-16-10-8-14(9-11-16)12-15-6-4-5-7-17(15)18/h4-11,13H,3,12H2,1-2H3/b19-13+. The van der Waals surface area contributed by atoms with Crippen LogP contribution in [-0.2, 0) is 6.42 Å². The van der Waals surface area contributed by atoms with Crippen LogP contribution in [0.5, 0.6) is 0 Å². The Labute approximate surface area is 119 Å². The van der Waals surface area contributed by atoms with Gasteiger partial charge in [0.1, 0.15) is 5.82 Å². The van der Waals surface area contributed by atoms with Crippen molar-refractivity contribution in [1.82, 2.24) is 4.90 Å². The maximum atomic E-state index is 13.6. The van der Waals surface area contributed by atoms with Gasteiger partial charge >= 0.3 is 0 Å². The molecule has 0 saturated heterocycles. The molecule has 3 heteroatoms. The molecule has 0 spiro atoms. The fourth-order valence-corrected chi connectivity index (χ4v) is 1.81. The summed E-state index contributed by atoms with van der Waals surface area (Å²) in [5.41, 5.74) is 2.70. The number of benzene rings is 2. The summed E-state index contributed by atoms with van der Waals surface area (Å²) in [6, 6.07) is 14.8. The minimum atomic E-state index is -0.154. The van der Waals surface area contributed by atoms with Gasteiger partial charge in [0.25, 0.3) is 0 Å². The van der Waals surface area contributed by atoms with Gasteiger partial charge in [0.2, 0.25) is 0 Å². The highest BCUT2D eigenvalue weighted by atomic mass is 19.1. The minimum Gasteiger partial charge on any atom is -0.366 e. The Morgan fingerprint density at radius 2 is 1.80 bits per heavy atom. The van der Waals surface area contributed by atoms with Crippen molar-refractivity contribution in [1.29, 1.82) is 0 Å². The SMILES string of the molecule is CCN(C)/C=N/c1ccc(Cc2ccccc2F)cc1. The van der Waals surface area contributed by atoms with Gasteiger partial charge < -0.3 is 4.90 Å². The number of rotatable bonds is 5. The van der Waals surface area contributed by atoms with Gasteiger partial charge in [0.15, 0.2) is 0 Å². The first-order valence-corrected chi connectivity index (χ1v) is 6.76. The summed E-state index contributed by atoms with van der Waals surface area (Å²) in [5, 5.41) is 0. The van der Waals surface area contributed by atoms with Crippen molar-refractivity contribution in [3.8, 4) is 0 Å². The van der Waals surface area contributed by atoms with Gasteiger partial charge in [-0.2, -0.15) is 0 Å². The second-order valence-electron chi connectivity index (χ2n) is 4.75. The van der Waals surface area contributed by atoms with E-state index >= 15 is 0 Å². The van der Waals surface area contributed by atoms with Gasteiger partial charge in [-0.3, -0.25) is 0 Å². The molecule has 0 N–H and O–H groups in total. The molecule has 0 saturated carbocycles. The summed E-state index contributed by atoms with van der Waals surface area (Å²) in [5.74, 6) is -0.154. The average Bonchev–Trinajstić information content (AvgIpc) is 2.48. The number of hydrogen-bond donors (Lipinski definition) is 0. The predicted molar refractivity (Wildman–Crippen MR) is 82.1 cm³/mol. The van der Waals surface area contributed by atoms with E-state index in [2.05, 4.69) is 11.9 Å². The average molecular weight is 270 g/mol. The highest BCUT2D eigenvalue weighted by Crippen LogP contribution is 2.17. The molecule has 0 unspecified atom stereocenters. The molecule has 0 atom stereocenters. The van der Waals surface area contributed by atoms with E-state index in [0.717, 1.165) is 23.4 Å². The van der Waals surface area contributed by atoms with E-state index in [1.165, 1.54) is 6.07 Å². The summed E-state index contributed by atoms with van der Waals surface area (Å²) in [6.07, 6.45) is 2.41. The van der Waals surface area contributed by atoms with Gasteiger partial charge in [0, 0.05) is 20.0 Å². The zero-order chi connectivity index (χ0) is 14.4. The van der Waals surface area contributed by atoms with Crippen LogP contribution in [0.1, 0.15) is 18.1 Å². The van der Waals surface area contributed by atoms with Crippen molar-refractivity contribution >= 4 is 12.0 Å². The topological polar surface area (TPSA) is 15.6 Å². The predicted octanol–water partition coefficient (Wildman–Crippen LogP) is 4.03. The van der Waals surface area contributed by atoms with Crippen LogP contribution in [-0.4, -0.2) is 24.8 Å². The lowest BCUT2D eigenvalue weighted by molar-refractivity contribution is 0.552. The number of hydrogen-bond acceptors (Lipinski definition) is 1. The van der Waals surface area contributed by atoms with Crippen molar-refractivity contribution in [2.75, 3.05) is 13.6 Å². The Kier molecular flexibility index (Phi) is 4.88. The maximum absolute atomic E-state index is 13.6. The monoisotopic (exact) mass is 270 g/mol. The third-order valence-electron chi connectivity index (χ3n) is 3.19. The van der Waals surface area contributed by atoms with Gasteiger partial charge in [-0.15, -0.1) is 0 Å². The first kappa shape index (κ1) is 14.3. The van der Waals surface area contributed by atoms with E-state index < -0.39 is 0 Å². The van der Waals surface area contributed by atoms with Gasteiger partial charge in [-0.05, 0) is 36.2 Å². The highest BCUT2D eigenvalue weighted by Gasteiger charge is 2.02. The molecule has 2 rings (SSSR count). The Morgan fingerprint density at radius 3 is 2.45 bits per heavy atom. The van der Waals surface area contributed by atoms with Crippen LogP contribution in [0.4, 0.5) is 10.1 Å². The lowest BCUT2D eigenvalue weighted by Gasteiger charge is -2.08. The fraction of sp³-hybridized carbons (Fsp3) is 0.235. The van der Waals surface area contributed by atoms with Crippen LogP contribution < -0.4 is 0 Å². The maximum Gasteiger partial charge on any atom is 0.126 e.